The molecule has 8 heteroatoms. The van der Waals surface area contributed by atoms with Gasteiger partial charge in [0.05, 0.1) is 13.2 Å². The first-order valence-electron chi connectivity index (χ1n) is 18.9. The molecule has 0 heterocycles. The first kappa shape index (κ1) is 41.9. The van der Waals surface area contributed by atoms with E-state index in [-0.39, 0.29) is 11.4 Å². The van der Waals surface area contributed by atoms with Crippen LogP contribution < -0.4 is 19.3 Å². The third kappa shape index (κ3) is 16.4. The molecule has 0 atom stereocenters. The van der Waals surface area contributed by atoms with Gasteiger partial charge in [0.15, 0.2) is 11.4 Å². The summed E-state index contributed by atoms with van der Waals surface area (Å²) in [6, 6.07) is 15.9. The normalized spacial score (nSPS) is 11.8. The molecular formula is C42H62N6O2. The lowest BCUT2D eigenvalue weighted by molar-refractivity contribution is 0.304. The predicted molar refractivity (Wildman–Crippen MR) is 211 cm³/mol. The van der Waals surface area contributed by atoms with E-state index in [1.54, 1.807) is 12.4 Å². The number of ether oxygens (including phenoxy) is 2. The Labute approximate surface area is 303 Å². The number of aliphatic imine (C=N–C) groups is 2. The molecular weight excluding hydrogens is 621 g/mol. The average Bonchev–Trinajstić information content (AvgIpc) is 3.12. The van der Waals surface area contributed by atoms with E-state index >= 15 is 0 Å². The molecule has 8 nitrogen and oxygen atoms in total. The van der Waals surface area contributed by atoms with Gasteiger partial charge in [-0.05, 0) is 37.1 Å². The Morgan fingerprint density at radius 2 is 0.900 bits per heavy atom. The highest BCUT2D eigenvalue weighted by atomic mass is 16.5. The van der Waals surface area contributed by atoms with Crippen molar-refractivity contribution >= 4 is 23.8 Å². The quantitative estimate of drug-likeness (QED) is 0.0556. The number of nitriles is 2. The molecule has 50 heavy (non-hydrogen) atoms. The maximum Gasteiger partial charge on any atom is 0.176 e. The van der Waals surface area contributed by atoms with Crippen LogP contribution in [-0.2, 0) is 0 Å². The Hall–Kier alpha value is -4.30. The molecule has 0 fully saturated rings. The smallest absolute Gasteiger partial charge is 0.176 e. The molecule has 2 aromatic carbocycles. The van der Waals surface area contributed by atoms with E-state index in [0.29, 0.717) is 24.7 Å². The van der Waals surface area contributed by atoms with Crippen molar-refractivity contribution in [2.45, 2.75) is 117 Å². The molecule has 0 N–H and O–H groups in total. The van der Waals surface area contributed by atoms with Gasteiger partial charge in [-0.2, -0.15) is 10.5 Å². The van der Waals surface area contributed by atoms with Crippen LogP contribution in [0.15, 0.2) is 57.8 Å². The molecule has 272 valence electrons. The first-order chi connectivity index (χ1) is 24.3. The third-order valence-corrected chi connectivity index (χ3v) is 8.64. The maximum absolute atomic E-state index is 9.97. The van der Waals surface area contributed by atoms with Crippen LogP contribution >= 0.6 is 0 Å². The van der Waals surface area contributed by atoms with Crippen LogP contribution in [0.5, 0.6) is 11.5 Å². The Morgan fingerprint density at radius 3 is 1.22 bits per heavy atom. The number of hydrogen-bond acceptors (Lipinski definition) is 8. The monoisotopic (exact) mass is 682 g/mol. The fourth-order valence-corrected chi connectivity index (χ4v) is 5.46. The van der Waals surface area contributed by atoms with Gasteiger partial charge in [0, 0.05) is 75.3 Å². The zero-order chi connectivity index (χ0) is 36.4. The minimum atomic E-state index is -0.0687. The molecule has 0 aliphatic carbocycles. The van der Waals surface area contributed by atoms with Gasteiger partial charge in [-0.3, -0.25) is 0 Å². The number of hydrogen-bond donors (Lipinski definition) is 0. The molecule has 0 saturated carbocycles. The highest BCUT2D eigenvalue weighted by Gasteiger charge is 2.10. The van der Waals surface area contributed by atoms with E-state index in [4.69, 9.17) is 9.47 Å². The molecule has 0 amide bonds. The fourth-order valence-electron chi connectivity index (χ4n) is 5.46. The molecule has 2 aromatic rings. The Kier molecular flexibility index (Phi) is 21.5. The molecule has 0 unspecified atom stereocenters. The second-order valence-electron chi connectivity index (χ2n) is 13.3. The van der Waals surface area contributed by atoms with E-state index in [9.17, 15) is 10.5 Å². The third-order valence-electron chi connectivity index (χ3n) is 8.64. The summed E-state index contributed by atoms with van der Waals surface area (Å²) < 4.78 is 12.4. The van der Waals surface area contributed by atoms with Crippen LogP contribution in [0.2, 0.25) is 0 Å². The van der Waals surface area contributed by atoms with Gasteiger partial charge < -0.3 is 19.3 Å². The Balaban J connectivity index is 2.15. The van der Waals surface area contributed by atoms with Gasteiger partial charge in [-0.15, -0.1) is 0 Å². The summed E-state index contributed by atoms with van der Waals surface area (Å²) in [5.74, 6) is 1.39. The molecule has 0 radical (unpaired) electrons. The van der Waals surface area contributed by atoms with Crippen molar-refractivity contribution in [1.29, 1.82) is 10.5 Å². The van der Waals surface area contributed by atoms with E-state index in [0.717, 1.165) is 48.2 Å². The van der Waals surface area contributed by atoms with Crippen LogP contribution in [0.4, 0.5) is 11.4 Å². The summed E-state index contributed by atoms with van der Waals surface area (Å²) in [5, 5.41) is 19.9. The molecule has 0 aliphatic heterocycles. The van der Waals surface area contributed by atoms with Crippen molar-refractivity contribution in [3.8, 4) is 23.6 Å². The summed E-state index contributed by atoms with van der Waals surface area (Å²) >= 11 is 0. The van der Waals surface area contributed by atoms with E-state index in [1.165, 1.54) is 77.0 Å². The van der Waals surface area contributed by atoms with Crippen molar-refractivity contribution in [1.82, 2.24) is 0 Å². The highest BCUT2D eigenvalue weighted by Crippen LogP contribution is 2.26. The second kappa shape index (κ2) is 25.6. The molecule has 0 aromatic heterocycles. The van der Waals surface area contributed by atoms with Crippen molar-refractivity contribution in [3.05, 3.63) is 58.9 Å². The Bertz CT molecular complexity index is 1320. The zero-order valence-electron chi connectivity index (χ0n) is 31.8. The number of benzene rings is 2. The van der Waals surface area contributed by atoms with Crippen LogP contribution in [-0.4, -0.2) is 53.8 Å². The average molecular weight is 683 g/mol. The lowest BCUT2D eigenvalue weighted by atomic mass is 10.1. The minimum Gasteiger partial charge on any atom is -0.493 e. The van der Waals surface area contributed by atoms with E-state index in [2.05, 4.69) is 36.0 Å². The predicted octanol–water partition coefficient (Wildman–Crippen LogP) is 10.7. The van der Waals surface area contributed by atoms with Gasteiger partial charge >= 0.3 is 0 Å². The van der Waals surface area contributed by atoms with Gasteiger partial charge in [0.25, 0.3) is 0 Å². The minimum absolute atomic E-state index is 0.0687. The molecule has 0 saturated heterocycles. The molecule has 2 rings (SSSR count). The van der Waals surface area contributed by atoms with Crippen molar-refractivity contribution in [2.24, 2.45) is 9.98 Å². The van der Waals surface area contributed by atoms with E-state index < -0.39 is 0 Å². The number of rotatable bonds is 26. The number of allylic oxidation sites excluding steroid dienone is 2. The summed E-state index contributed by atoms with van der Waals surface area (Å²) in [6.45, 7) is 5.70. The van der Waals surface area contributed by atoms with Crippen molar-refractivity contribution in [3.63, 3.8) is 0 Å². The van der Waals surface area contributed by atoms with Crippen LogP contribution in [0, 0.1) is 22.7 Å². The molecule has 0 spiro atoms. The van der Waals surface area contributed by atoms with Gasteiger partial charge in [0.1, 0.15) is 23.6 Å². The number of nitrogens with zero attached hydrogens (tertiary/aromatic N) is 6. The van der Waals surface area contributed by atoms with Gasteiger partial charge in [-0.1, -0.05) is 104 Å². The van der Waals surface area contributed by atoms with Crippen LogP contribution in [0.1, 0.15) is 128 Å². The molecule has 0 aliphatic rings. The highest BCUT2D eigenvalue weighted by molar-refractivity contribution is 5.87. The van der Waals surface area contributed by atoms with Gasteiger partial charge in [0.2, 0.25) is 0 Å². The molecule has 0 bridgehead atoms. The summed E-state index contributed by atoms with van der Waals surface area (Å²) in [4.78, 5) is 12.9. The number of unbranched alkanes of at least 4 members (excludes halogenated alkanes) is 14. The summed E-state index contributed by atoms with van der Waals surface area (Å²) in [6.07, 6.45) is 22.8. The summed E-state index contributed by atoms with van der Waals surface area (Å²) in [5.41, 5.74) is 3.35. The first-order valence-corrected chi connectivity index (χ1v) is 18.9. The lowest BCUT2D eigenvalue weighted by Crippen LogP contribution is -2.09. The zero-order valence-corrected chi connectivity index (χ0v) is 31.8. The van der Waals surface area contributed by atoms with Crippen molar-refractivity contribution < 1.29 is 9.47 Å². The largest absolute Gasteiger partial charge is 0.493 e. The van der Waals surface area contributed by atoms with E-state index in [1.807, 2.05) is 74.4 Å². The maximum atomic E-state index is 9.97. The van der Waals surface area contributed by atoms with Crippen molar-refractivity contribution in [2.75, 3.05) is 51.2 Å². The Morgan fingerprint density at radius 1 is 0.560 bits per heavy atom. The lowest BCUT2D eigenvalue weighted by Gasteiger charge is -2.16. The summed E-state index contributed by atoms with van der Waals surface area (Å²) in [7, 11) is 7.94. The van der Waals surface area contributed by atoms with Gasteiger partial charge in [-0.25, -0.2) is 9.98 Å². The van der Waals surface area contributed by atoms with Crippen LogP contribution in [0.3, 0.4) is 0 Å². The second-order valence-corrected chi connectivity index (χ2v) is 13.3. The fraction of sp³-hybridized carbons (Fsp3) is 0.571. The SMILES string of the molecule is CCCCCCCCCCOc1cc(N(C)C)ccc1C=N/C(C#N)=C(\C#N)N=Cc1ccc(N(C)C)cc1OCCCCCCCCCC. The van der Waals surface area contributed by atoms with Crippen LogP contribution in [0.25, 0.3) is 0 Å². The topological polar surface area (TPSA) is 97.2 Å². The standard InChI is InChI=1S/C42H62N6O2/c1-7-9-11-13-15-17-19-21-27-49-41-29-37(47(3)4)25-23-35(41)33-45-39(31-43)40(32-44)46-34-36-24-26-38(48(5)6)30-42(36)50-28-22-20-18-16-14-12-10-8-2/h23-26,29-30,33-34H,7-22,27-28H2,1-6H3/b40-39+,45-33?,46-34?. The number of anilines is 2.